The van der Waals surface area contributed by atoms with Gasteiger partial charge in [-0.2, -0.15) is 9.29 Å². The van der Waals surface area contributed by atoms with Crippen LogP contribution in [0.25, 0.3) is 11.4 Å². The first-order chi connectivity index (χ1) is 14.8. The van der Waals surface area contributed by atoms with Gasteiger partial charge < -0.3 is 9.42 Å². The lowest BCUT2D eigenvalue weighted by atomic mass is 10.2. The molecule has 0 radical (unpaired) electrons. The molecule has 0 saturated carbocycles. The first-order valence-corrected chi connectivity index (χ1v) is 11.6. The van der Waals surface area contributed by atoms with Crippen LogP contribution in [0.15, 0.2) is 51.9 Å². The van der Waals surface area contributed by atoms with E-state index in [4.69, 9.17) is 16.1 Å². The van der Waals surface area contributed by atoms with Crippen molar-refractivity contribution in [2.75, 3.05) is 18.5 Å². The molecule has 4 rings (SSSR count). The third-order valence-corrected chi connectivity index (χ3v) is 7.20. The molecule has 3 aromatic rings. The number of rotatable bonds is 6. The van der Waals surface area contributed by atoms with Gasteiger partial charge in [-0.15, -0.1) is 0 Å². The molecule has 0 aliphatic carbocycles. The predicted molar refractivity (Wildman–Crippen MR) is 116 cm³/mol. The molecular formula is C21H21ClN4O4S. The van der Waals surface area contributed by atoms with Crippen molar-refractivity contribution < 1.29 is 17.7 Å². The predicted octanol–water partition coefficient (Wildman–Crippen LogP) is 3.51. The van der Waals surface area contributed by atoms with Crippen LogP contribution in [-0.4, -0.2) is 42.4 Å². The smallest absolute Gasteiger partial charge is 0.243 e. The number of halogens is 1. The number of hydrogen-bond donors (Lipinski definition) is 0. The summed E-state index contributed by atoms with van der Waals surface area (Å²) in [6.45, 7) is 2.30. The fourth-order valence-corrected chi connectivity index (χ4v) is 4.87. The van der Waals surface area contributed by atoms with E-state index in [1.54, 1.807) is 41.3 Å². The minimum Gasteiger partial charge on any atom is -0.338 e. The SMILES string of the molecule is CCC(=O)N1CCc2cc(S(=O)(=O)N(C)Cc3nc(-c4cccc(Cl)c4)no3)ccc21. The van der Waals surface area contributed by atoms with Crippen molar-refractivity contribution in [3.63, 3.8) is 0 Å². The molecule has 1 aliphatic heterocycles. The van der Waals surface area contributed by atoms with Gasteiger partial charge in [0.2, 0.25) is 27.6 Å². The van der Waals surface area contributed by atoms with E-state index < -0.39 is 10.0 Å². The Kier molecular flexibility index (Phi) is 5.83. The Morgan fingerprint density at radius 1 is 1.26 bits per heavy atom. The first kappa shape index (κ1) is 21.5. The van der Waals surface area contributed by atoms with Gasteiger partial charge in [-0.3, -0.25) is 4.79 Å². The second-order valence-electron chi connectivity index (χ2n) is 7.22. The molecule has 0 unspecified atom stereocenters. The average molecular weight is 461 g/mol. The summed E-state index contributed by atoms with van der Waals surface area (Å²) in [7, 11) is -2.33. The van der Waals surface area contributed by atoms with Gasteiger partial charge in [0.25, 0.3) is 0 Å². The Morgan fingerprint density at radius 3 is 2.81 bits per heavy atom. The molecule has 31 heavy (non-hydrogen) atoms. The molecule has 8 nitrogen and oxygen atoms in total. The third kappa shape index (κ3) is 4.21. The highest BCUT2D eigenvalue weighted by molar-refractivity contribution is 7.89. The number of aromatic nitrogens is 2. The summed E-state index contributed by atoms with van der Waals surface area (Å²) in [5, 5.41) is 4.45. The Balaban J connectivity index is 1.53. The minimum absolute atomic E-state index is 0.0263. The Labute approximate surface area is 185 Å². The van der Waals surface area contributed by atoms with Crippen molar-refractivity contribution in [3.8, 4) is 11.4 Å². The Morgan fingerprint density at radius 2 is 2.06 bits per heavy atom. The van der Waals surface area contributed by atoms with Crippen LogP contribution in [0.4, 0.5) is 5.69 Å². The molecule has 1 aromatic heterocycles. The molecular weight excluding hydrogens is 440 g/mol. The largest absolute Gasteiger partial charge is 0.338 e. The number of nitrogens with zero attached hydrogens (tertiary/aromatic N) is 4. The summed E-state index contributed by atoms with van der Waals surface area (Å²) < 4.78 is 32.5. The summed E-state index contributed by atoms with van der Waals surface area (Å²) >= 11 is 5.99. The maximum atomic E-state index is 13.1. The van der Waals surface area contributed by atoms with Crippen LogP contribution in [-0.2, 0) is 27.8 Å². The molecule has 0 fully saturated rings. The van der Waals surface area contributed by atoms with Crippen molar-refractivity contribution in [2.24, 2.45) is 0 Å². The molecule has 0 spiro atoms. The Hall–Kier alpha value is -2.75. The maximum Gasteiger partial charge on any atom is 0.243 e. The van der Waals surface area contributed by atoms with E-state index in [-0.39, 0.29) is 23.2 Å². The lowest BCUT2D eigenvalue weighted by Crippen LogP contribution is -2.28. The van der Waals surface area contributed by atoms with E-state index in [2.05, 4.69) is 10.1 Å². The van der Waals surface area contributed by atoms with Crippen LogP contribution in [0.3, 0.4) is 0 Å². The number of amides is 1. The zero-order valence-corrected chi connectivity index (χ0v) is 18.7. The molecule has 1 aliphatic rings. The van der Waals surface area contributed by atoms with E-state index >= 15 is 0 Å². The molecule has 0 bridgehead atoms. The van der Waals surface area contributed by atoms with Gasteiger partial charge in [-0.25, -0.2) is 8.42 Å². The van der Waals surface area contributed by atoms with Crippen molar-refractivity contribution in [2.45, 2.75) is 31.2 Å². The van der Waals surface area contributed by atoms with Gasteiger partial charge >= 0.3 is 0 Å². The molecule has 2 heterocycles. The standard InChI is InChI=1S/C21H21ClN4O4S/c1-3-20(27)26-10-9-14-12-17(7-8-18(14)26)31(28,29)25(2)13-19-23-21(24-30-19)15-5-4-6-16(22)11-15/h4-8,11-12H,3,9-10,13H2,1-2H3. The van der Waals surface area contributed by atoms with Crippen LogP contribution in [0, 0.1) is 0 Å². The van der Waals surface area contributed by atoms with Crippen molar-refractivity contribution >= 4 is 33.2 Å². The van der Waals surface area contributed by atoms with E-state index in [0.29, 0.717) is 35.8 Å². The first-order valence-electron chi connectivity index (χ1n) is 9.77. The maximum absolute atomic E-state index is 13.1. The highest BCUT2D eigenvalue weighted by atomic mass is 35.5. The molecule has 1 amide bonds. The summed E-state index contributed by atoms with van der Waals surface area (Å²) in [6, 6.07) is 11.9. The van der Waals surface area contributed by atoms with Crippen LogP contribution in [0.5, 0.6) is 0 Å². The van der Waals surface area contributed by atoms with Gasteiger partial charge in [0.1, 0.15) is 0 Å². The number of carbonyl (C=O) groups is 1. The van der Waals surface area contributed by atoms with Crippen molar-refractivity contribution in [1.29, 1.82) is 0 Å². The number of fused-ring (bicyclic) bond motifs is 1. The molecule has 10 heteroatoms. The Bertz CT molecular complexity index is 1240. The van der Waals surface area contributed by atoms with E-state index in [1.165, 1.54) is 13.1 Å². The van der Waals surface area contributed by atoms with Crippen LogP contribution >= 0.6 is 11.6 Å². The molecule has 0 N–H and O–H groups in total. The number of benzene rings is 2. The van der Waals surface area contributed by atoms with Gasteiger partial charge in [0.05, 0.1) is 11.4 Å². The zero-order chi connectivity index (χ0) is 22.2. The zero-order valence-electron chi connectivity index (χ0n) is 17.1. The van der Waals surface area contributed by atoms with Crippen molar-refractivity contribution in [3.05, 3.63) is 58.9 Å². The second kappa shape index (κ2) is 8.41. The lowest BCUT2D eigenvalue weighted by molar-refractivity contribution is -0.118. The molecule has 0 atom stereocenters. The second-order valence-corrected chi connectivity index (χ2v) is 9.70. The topological polar surface area (TPSA) is 96.6 Å². The number of hydrogen-bond acceptors (Lipinski definition) is 6. The average Bonchev–Trinajstić information content (AvgIpc) is 3.39. The van der Waals surface area contributed by atoms with E-state index in [1.807, 2.05) is 6.92 Å². The monoisotopic (exact) mass is 460 g/mol. The van der Waals surface area contributed by atoms with E-state index in [0.717, 1.165) is 15.6 Å². The van der Waals surface area contributed by atoms with Gasteiger partial charge in [0.15, 0.2) is 0 Å². The highest BCUT2D eigenvalue weighted by Crippen LogP contribution is 2.31. The fourth-order valence-electron chi connectivity index (χ4n) is 3.51. The molecule has 2 aromatic carbocycles. The number of anilines is 1. The van der Waals surface area contributed by atoms with Crippen LogP contribution in [0.1, 0.15) is 24.8 Å². The third-order valence-electron chi connectivity index (χ3n) is 5.17. The summed E-state index contributed by atoms with van der Waals surface area (Å²) in [6.07, 6.45) is 1.03. The van der Waals surface area contributed by atoms with Gasteiger partial charge in [-0.05, 0) is 42.3 Å². The van der Waals surface area contributed by atoms with Crippen molar-refractivity contribution in [1.82, 2.24) is 14.4 Å². The lowest BCUT2D eigenvalue weighted by Gasteiger charge is -2.18. The van der Waals surface area contributed by atoms with Gasteiger partial charge in [0, 0.05) is 36.3 Å². The molecule has 0 saturated heterocycles. The number of sulfonamides is 1. The highest BCUT2D eigenvalue weighted by Gasteiger charge is 2.28. The number of carbonyl (C=O) groups excluding carboxylic acids is 1. The van der Waals surface area contributed by atoms with Gasteiger partial charge in [-0.1, -0.05) is 35.8 Å². The summed E-state index contributed by atoms with van der Waals surface area (Å²) in [4.78, 5) is 18.2. The minimum atomic E-state index is -3.78. The quantitative estimate of drug-likeness (QED) is 0.558. The van der Waals surface area contributed by atoms with Crippen LogP contribution < -0.4 is 4.90 Å². The van der Waals surface area contributed by atoms with Crippen LogP contribution in [0.2, 0.25) is 5.02 Å². The summed E-state index contributed by atoms with van der Waals surface area (Å²) in [5.74, 6) is 0.529. The normalized spacial score (nSPS) is 13.6. The summed E-state index contributed by atoms with van der Waals surface area (Å²) in [5.41, 5.74) is 2.30. The fraction of sp³-hybridized carbons (Fsp3) is 0.286. The molecule has 162 valence electrons. The van der Waals surface area contributed by atoms with E-state index in [9.17, 15) is 13.2 Å².